The van der Waals surface area contributed by atoms with E-state index in [9.17, 15) is 13.2 Å². The SMILES string of the molecule is CCCCCC[n+]1cccc(CC)c1.O=S(=O)([O-])C(F)(F)F. The molecule has 0 N–H and O–H groups in total. The molecule has 22 heavy (non-hydrogen) atoms. The van der Waals surface area contributed by atoms with Gasteiger partial charge < -0.3 is 4.55 Å². The van der Waals surface area contributed by atoms with E-state index in [-0.39, 0.29) is 0 Å². The van der Waals surface area contributed by atoms with E-state index < -0.39 is 15.6 Å². The molecule has 0 aliphatic carbocycles. The largest absolute Gasteiger partial charge is 0.741 e. The topological polar surface area (TPSA) is 61.1 Å². The Labute approximate surface area is 129 Å². The highest BCUT2D eigenvalue weighted by atomic mass is 32.2. The molecule has 1 heterocycles. The fourth-order valence-corrected chi connectivity index (χ4v) is 1.65. The Bertz CT molecular complexity index is 530. The molecule has 0 fully saturated rings. The van der Waals surface area contributed by atoms with Gasteiger partial charge in [-0.2, -0.15) is 13.2 Å². The molecule has 0 atom stereocenters. The number of nitrogens with zero attached hydrogens (tertiary/aromatic N) is 1. The third-order valence-electron chi connectivity index (χ3n) is 2.88. The summed E-state index contributed by atoms with van der Waals surface area (Å²) in [6, 6.07) is 4.35. The van der Waals surface area contributed by atoms with Gasteiger partial charge in [0.05, 0.1) is 0 Å². The van der Waals surface area contributed by atoms with E-state index in [0.29, 0.717) is 0 Å². The van der Waals surface area contributed by atoms with Crippen molar-refractivity contribution in [2.75, 3.05) is 0 Å². The van der Waals surface area contributed by atoms with Gasteiger partial charge in [-0.25, -0.2) is 13.0 Å². The van der Waals surface area contributed by atoms with Crippen molar-refractivity contribution in [2.24, 2.45) is 0 Å². The third-order valence-corrected chi connectivity index (χ3v) is 3.45. The Balaban J connectivity index is 0.000000472. The molecule has 0 aliphatic heterocycles. The average Bonchev–Trinajstić information content (AvgIpc) is 2.42. The highest BCUT2D eigenvalue weighted by Crippen LogP contribution is 2.20. The molecule has 0 unspecified atom stereocenters. The lowest BCUT2D eigenvalue weighted by atomic mass is 10.2. The fourth-order valence-electron chi connectivity index (χ4n) is 1.65. The van der Waals surface area contributed by atoms with Crippen molar-refractivity contribution in [1.82, 2.24) is 0 Å². The van der Waals surface area contributed by atoms with Gasteiger partial charge in [-0.1, -0.05) is 26.7 Å². The number of aryl methyl sites for hydroxylation is 2. The zero-order chi connectivity index (χ0) is 17.2. The molecule has 1 aromatic rings. The zero-order valence-corrected chi connectivity index (χ0v) is 13.6. The maximum atomic E-state index is 10.7. The first kappa shape index (κ1) is 20.9. The smallest absolute Gasteiger partial charge is 0.485 e. The molecule has 0 saturated heterocycles. The minimum atomic E-state index is -6.09. The van der Waals surface area contributed by atoms with E-state index in [2.05, 4.69) is 42.9 Å². The third kappa shape index (κ3) is 8.99. The van der Waals surface area contributed by atoms with Gasteiger partial charge in [0.15, 0.2) is 22.5 Å². The van der Waals surface area contributed by atoms with E-state index >= 15 is 0 Å². The summed E-state index contributed by atoms with van der Waals surface area (Å²) >= 11 is 0. The quantitative estimate of drug-likeness (QED) is 0.346. The highest BCUT2D eigenvalue weighted by Gasteiger charge is 2.36. The molecule has 0 radical (unpaired) electrons. The van der Waals surface area contributed by atoms with Crippen molar-refractivity contribution < 1.29 is 30.7 Å². The standard InChI is InChI=1S/C13H22N.CHF3O3S/c1-3-5-6-7-10-14-11-8-9-13(4-2)12-14;2-1(3,4)8(5,6)7/h8-9,11-12H,3-7,10H2,1-2H3;(H,5,6,7)/q+1;/p-1. The summed E-state index contributed by atoms with van der Waals surface area (Å²) in [5.41, 5.74) is -4.21. The van der Waals surface area contributed by atoms with Crippen LogP contribution in [0.2, 0.25) is 0 Å². The van der Waals surface area contributed by atoms with E-state index in [0.717, 1.165) is 6.42 Å². The van der Waals surface area contributed by atoms with Crippen LogP contribution in [0.3, 0.4) is 0 Å². The molecule has 0 spiro atoms. The number of hydrogen-bond acceptors (Lipinski definition) is 3. The summed E-state index contributed by atoms with van der Waals surface area (Å²) in [7, 11) is -6.09. The van der Waals surface area contributed by atoms with E-state index in [1.165, 1.54) is 37.8 Å². The molecule has 0 aromatic carbocycles. The number of hydrogen-bond donors (Lipinski definition) is 0. The number of rotatable bonds is 6. The van der Waals surface area contributed by atoms with Gasteiger partial charge in [-0.05, 0) is 18.9 Å². The van der Waals surface area contributed by atoms with Crippen LogP contribution in [0.5, 0.6) is 0 Å². The van der Waals surface area contributed by atoms with E-state index in [1.54, 1.807) is 0 Å². The minimum Gasteiger partial charge on any atom is -0.741 e. The van der Waals surface area contributed by atoms with Crippen LogP contribution < -0.4 is 4.57 Å². The van der Waals surface area contributed by atoms with Gasteiger partial charge in [-0.3, -0.25) is 0 Å². The van der Waals surface area contributed by atoms with Crippen molar-refractivity contribution in [3.8, 4) is 0 Å². The lowest BCUT2D eigenvalue weighted by Crippen LogP contribution is -2.33. The number of pyridine rings is 1. The van der Waals surface area contributed by atoms with Crippen LogP contribution in [-0.4, -0.2) is 18.5 Å². The van der Waals surface area contributed by atoms with Gasteiger partial charge in [0, 0.05) is 18.1 Å². The lowest BCUT2D eigenvalue weighted by Gasteiger charge is -2.08. The van der Waals surface area contributed by atoms with Crippen LogP contribution >= 0.6 is 0 Å². The van der Waals surface area contributed by atoms with Crippen LogP contribution in [0, 0.1) is 0 Å². The molecule has 8 heteroatoms. The van der Waals surface area contributed by atoms with Crippen molar-refractivity contribution in [1.29, 1.82) is 0 Å². The first-order valence-corrected chi connectivity index (χ1v) is 8.52. The summed E-state index contributed by atoms with van der Waals surface area (Å²) in [6.45, 7) is 5.63. The Kier molecular flexibility index (Phi) is 9.27. The van der Waals surface area contributed by atoms with Crippen molar-refractivity contribution in [3.05, 3.63) is 30.1 Å². The minimum absolute atomic E-state index is 1.13. The van der Waals surface area contributed by atoms with Gasteiger partial charge in [-0.15, -0.1) is 0 Å². The van der Waals surface area contributed by atoms with Gasteiger partial charge in [0.2, 0.25) is 0 Å². The Morgan fingerprint density at radius 3 is 2.23 bits per heavy atom. The Hall–Kier alpha value is -1.15. The van der Waals surface area contributed by atoms with Crippen LogP contribution in [-0.2, 0) is 23.1 Å². The predicted octanol–water partition coefficient (Wildman–Crippen LogP) is 3.17. The van der Waals surface area contributed by atoms with Crippen molar-refractivity contribution >= 4 is 10.1 Å². The maximum absolute atomic E-state index is 10.7. The normalized spacial score (nSPS) is 11.7. The second-order valence-electron chi connectivity index (χ2n) is 4.76. The molecule has 128 valence electrons. The number of alkyl halides is 3. The van der Waals surface area contributed by atoms with Crippen LogP contribution in [0.4, 0.5) is 13.2 Å². The van der Waals surface area contributed by atoms with Crippen LogP contribution in [0.25, 0.3) is 0 Å². The molecule has 0 saturated carbocycles. The van der Waals surface area contributed by atoms with Crippen molar-refractivity contribution in [3.63, 3.8) is 0 Å². The molecule has 1 rings (SSSR count). The highest BCUT2D eigenvalue weighted by molar-refractivity contribution is 7.86. The molecule has 0 bridgehead atoms. The monoisotopic (exact) mass is 341 g/mol. The van der Waals surface area contributed by atoms with Crippen molar-refractivity contribution in [2.45, 2.75) is 58.0 Å². The number of aromatic nitrogens is 1. The number of unbranched alkanes of at least 4 members (excludes halogenated alkanes) is 3. The summed E-state index contributed by atoms with van der Waals surface area (Å²) in [4.78, 5) is 0. The summed E-state index contributed by atoms with van der Waals surface area (Å²) in [5.74, 6) is 0. The summed E-state index contributed by atoms with van der Waals surface area (Å²) in [6.07, 6.45) is 10.9. The second kappa shape index (κ2) is 9.78. The molecule has 4 nitrogen and oxygen atoms in total. The second-order valence-corrected chi connectivity index (χ2v) is 6.14. The van der Waals surface area contributed by atoms with E-state index in [1.807, 2.05) is 0 Å². The first-order chi connectivity index (χ1) is 10.1. The Morgan fingerprint density at radius 1 is 1.18 bits per heavy atom. The summed E-state index contributed by atoms with van der Waals surface area (Å²) < 4.78 is 61.2. The van der Waals surface area contributed by atoms with Gasteiger partial charge in [0.25, 0.3) is 0 Å². The Morgan fingerprint density at radius 2 is 1.77 bits per heavy atom. The molecular weight excluding hydrogens is 319 g/mol. The molecule has 0 aliphatic rings. The van der Waals surface area contributed by atoms with Crippen LogP contribution in [0.1, 0.15) is 45.1 Å². The van der Waals surface area contributed by atoms with Gasteiger partial charge in [0.1, 0.15) is 6.54 Å². The summed E-state index contributed by atoms with van der Waals surface area (Å²) in [5, 5.41) is 0. The first-order valence-electron chi connectivity index (χ1n) is 7.12. The average molecular weight is 341 g/mol. The van der Waals surface area contributed by atoms with Crippen LogP contribution in [0.15, 0.2) is 24.5 Å². The zero-order valence-electron chi connectivity index (χ0n) is 12.8. The fraction of sp³-hybridized carbons (Fsp3) is 0.643. The molecule has 1 aromatic heterocycles. The van der Waals surface area contributed by atoms with Gasteiger partial charge >= 0.3 is 5.51 Å². The molecule has 0 amide bonds. The number of halogens is 3. The molecular formula is C14H22F3NO3S. The van der Waals surface area contributed by atoms with E-state index in [4.69, 9.17) is 13.0 Å². The lowest BCUT2D eigenvalue weighted by molar-refractivity contribution is -0.697. The maximum Gasteiger partial charge on any atom is 0.485 e. The predicted molar refractivity (Wildman–Crippen MR) is 75.9 cm³/mol.